The van der Waals surface area contributed by atoms with Crippen LogP contribution in [0.3, 0.4) is 0 Å². The molecule has 3 rings (SSSR count). The van der Waals surface area contributed by atoms with Crippen molar-refractivity contribution >= 4 is 23.5 Å². The zero-order valence-electron chi connectivity index (χ0n) is 14.9. The van der Waals surface area contributed by atoms with Crippen molar-refractivity contribution in [2.24, 2.45) is 11.8 Å². The number of piperidine rings is 1. The van der Waals surface area contributed by atoms with Gasteiger partial charge in [-0.3, -0.25) is 9.59 Å². The van der Waals surface area contributed by atoms with Crippen LogP contribution in [0.15, 0.2) is 24.3 Å². The van der Waals surface area contributed by atoms with E-state index < -0.39 is 17.8 Å². The number of hydrogen-bond donors (Lipinski definition) is 1. The molecule has 1 saturated carbocycles. The van der Waals surface area contributed by atoms with Crippen molar-refractivity contribution in [2.75, 3.05) is 18.4 Å². The van der Waals surface area contributed by atoms with Gasteiger partial charge < -0.3 is 20.1 Å². The van der Waals surface area contributed by atoms with E-state index in [-0.39, 0.29) is 11.8 Å². The van der Waals surface area contributed by atoms with Crippen LogP contribution in [0.25, 0.3) is 0 Å². The first-order chi connectivity index (χ1) is 12.6. The molecule has 2 fully saturated rings. The Hall–Kier alpha value is -2.37. The number of anilines is 1. The van der Waals surface area contributed by atoms with Crippen LogP contribution in [0.5, 0.6) is 0 Å². The van der Waals surface area contributed by atoms with Gasteiger partial charge in [0.15, 0.2) is 0 Å². The number of rotatable bonds is 4. The average molecular weight is 357 g/mol. The summed E-state index contributed by atoms with van der Waals surface area (Å²) >= 11 is 0. The van der Waals surface area contributed by atoms with E-state index in [0.717, 1.165) is 45.2 Å². The Kier molecular flexibility index (Phi) is 5.91. The number of nitrogens with zero attached hydrogens (tertiary/aromatic N) is 1. The van der Waals surface area contributed by atoms with Crippen molar-refractivity contribution in [2.45, 2.75) is 44.9 Å². The molecule has 26 heavy (non-hydrogen) atoms. The van der Waals surface area contributed by atoms with Gasteiger partial charge in [0.05, 0.1) is 0 Å². The summed E-state index contributed by atoms with van der Waals surface area (Å²) in [6.07, 6.45) is 5.88. The second-order valence-electron chi connectivity index (χ2n) is 7.24. The van der Waals surface area contributed by atoms with Crippen molar-refractivity contribution < 1.29 is 19.5 Å². The molecule has 0 bridgehead atoms. The zero-order valence-corrected chi connectivity index (χ0v) is 14.9. The molecular formula is C20H25N2O4-. The van der Waals surface area contributed by atoms with Gasteiger partial charge in [-0.25, -0.2) is 0 Å². The number of benzene rings is 1. The van der Waals surface area contributed by atoms with Gasteiger partial charge in [-0.2, -0.15) is 0 Å². The van der Waals surface area contributed by atoms with E-state index in [9.17, 15) is 19.5 Å². The van der Waals surface area contributed by atoms with E-state index >= 15 is 0 Å². The molecular weight excluding hydrogens is 332 g/mol. The van der Waals surface area contributed by atoms with Crippen molar-refractivity contribution in [1.82, 2.24) is 4.90 Å². The molecule has 1 heterocycles. The Morgan fingerprint density at radius 2 is 1.65 bits per heavy atom. The van der Waals surface area contributed by atoms with Crippen LogP contribution in [0.4, 0.5) is 5.69 Å². The van der Waals surface area contributed by atoms with Crippen molar-refractivity contribution in [3.8, 4) is 0 Å². The van der Waals surface area contributed by atoms with Crippen LogP contribution in [0.2, 0.25) is 0 Å². The summed E-state index contributed by atoms with van der Waals surface area (Å²) in [4.78, 5) is 38.3. The molecule has 1 saturated heterocycles. The quantitative estimate of drug-likeness (QED) is 0.890. The lowest BCUT2D eigenvalue weighted by Crippen LogP contribution is -2.42. The summed E-state index contributed by atoms with van der Waals surface area (Å²) in [5.41, 5.74) is 1.07. The summed E-state index contributed by atoms with van der Waals surface area (Å²) in [5.74, 6) is -2.79. The number of carboxylic acid groups (broad SMARTS) is 1. The van der Waals surface area contributed by atoms with Crippen LogP contribution < -0.4 is 10.4 Å². The van der Waals surface area contributed by atoms with E-state index in [4.69, 9.17) is 0 Å². The Morgan fingerprint density at radius 3 is 2.35 bits per heavy atom. The predicted molar refractivity (Wildman–Crippen MR) is 95.3 cm³/mol. The number of carboxylic acids is 1. The monoisotopic (exact) mass is 357 g/mol. The second kappa shape index (κ2) is 8.34. The fourth-order valence-corrected chi connectivity index (χ4v) is 3.97. The lowest BCUT2D eigenvalue weighted by molar-refractivity contribution is -0.313. The Bertz CT molecular complexity index is 682. The summed E-state index contributed by atoms with van der Waals surface area (Å²) in [6.45, 7) is 1.54. The number of likely N-dealkylation sites (tertiary alicyclic amines) is 1. The number of carbonyl (C=O) groups excluding carboxylic acids is 3. The molecule has 0 aromatic heterocycles. The molecule has 2 aliphatic rings. The van der Waals surface area contributed by atoms with Crippen LogP contribution in [0.1, 0.15) is 55.3 Å². The van der Waals surface area contributed by atoms with Crippen LogP contribution >= 0.6 is 0 Å². The molecule has 140 valence electrons. The number of hydrogen-bond acceptors (Lipinski definition) is 4. The first-order valence-electron chi connectivity index (χ1n) is 9.47. The lowest BCUT2D eigenvalue weighted by Gasteiger charge is -2.31. The topological polar surface area (TPSA) is 89.5 Å². The average Bonchev–Trinajstić information content (AvgIpc) is 2.68. The molecule has 1 aromatic rings. The Morgan fingerprint density at radius 1 is 0.962 bits per heavy atom. The molecule has 0 radical (unpaired) electrons. The summed E-state index contributed by atoms with van der Waals surface area (Å²) in [6, 6.07) is 6.88. The zero-order chi connectivity index (χ0) is 18.5. The molecule has 0 unspecified atom stereocenters. The fraction of sp³-hybridized carbons (Fsp3) is 0.550. The third-order valence-corrected chi connectivity index (χ3v) is 5.43. The minimum atomic E-state index is -1.15. The largest absolute Gasteiger partial charge is 0.550 e. The van der Waals surface area contributed by atoms with Gasteiger partial charge >= 0.3 is 0 Å². The van der Waals surface area contributed by atoms with Gasteiger partial charge in [0, 0.05) is 42.1 Å². The van der Waals surface area contributed by atoms with Crippen LogP contribution in [0, 0.1) is 11.8 Å². The first-order valence-corrected chi connectivity index (χ1v) is 9.47. The smallest absolute Gasteiger partial charge is 0.253 e. The van der Waals surface area contributed by atoms with Gasteiger partial charge in [-0.15, -0.1) is 0 Å². The maximum absolute atomic E-state index is 12.6. The molecule has 0 spiro atoms. The van der Waals surface area contributed by atoms with Gasteiger partial charge in [-0.1, -0.05) is 18.9 Å². The highest BCUT2D eigenvalue weighted by molar-refractivity contribution is 5.98. The van der Waals surface area contributed by atoms with Crippen molar-refractivity contribution in [1.29, 1.82) is 0 Å². The number of carbonyl (C=O) groups is 3. The second-order valence-corrected chi connectivity index (χ2v) is 7.24. The maximum atomic E-state index is 12.6. The van der Waals surface area contributed by atoms with Crippen molar-refractivity contribution in [3.05, 3.63) is 29.8 Å². The minimum Gasteiger partial charge on any atom is -0.550 e. The molecule has 6 heteroatoms. The van der Waals surface area contributed by atoms with Crippen molar-refractivity contribution in [3.63, 3.8) is 0 Å². The summed E-state index contributed by atoms with van der Waals surface area (Å²) in [7, 11) is 0. The highest BCUT2D eigenvalue weighted by Crippen LogP contribution is 2.31. The highest BCUT2D eigenvalue weighted by Gasteiger charge is 2.31. The van der Waals surface area contributed by atoms with Crippen LogP contribution in [-0.4, -0.2) is 35.8 Å². The molecule has 1 aliphatic carbocycles. The molecule has 1 aromatic carbocycles. The summed E-state index contributed by atoms with van der Waals surface area (Å²) in [5, 5.41) is 14.1. The normalized spacial score (nSPS) is 23.3. The highest BCUT2D eigenvalue weighted by atomic mass is 16.4. The van der Waals surface area contributed by atoms with E-state index in [1.54, 1.807) is 24.3 Å². The van der Waals surface area contributed by atoms with E-state index in [1.807, 2.05) is 4.90 Å². The lowest BCUT2D eigenvalue weighted by atomic mass is 9.78. The third-order valence-electron chi connectivity index (χ3n) is 5.43. The fourth-order valence-electron chi connectivity index (χ4n) is 3.97. The molecule has 6 nitrogen and oxygen atoms in total. The minimum absolute atomic E-state index is 0.0222. The number of nitrogens with one attached hydrogen (secondary N) is 1. The maximum Gasteiger partial charge on any atom is 0.253 e. The SMILES string of the molecule is O=C(Nc1cccc(C(=O)N2CCCCC2)c1)[C@H]1CCCC[C@H]1C(=O)[O-]. The predicted octanol–water partition coefficient (Wildman–Crippen LogP) is 1.81. The molecule has 2 amide bonds. The van der Waals surface area contributed by atoms with Gasteiger partial charge in [0.25, 0.3) is 5.91 Å². The van der Waals surface area contributed by atoms with E-state index in [2.05, 4.69) is 5.32 Å². The first kappa shape index (κ1) is 18.4. The van der Waals surface area contributed by atoms with Gasteiger partial charge in [0.1, 0.15) is 0 Å². The standard InChI is InChI=1S/C20H26N2O4/c23-18(16-9-2-3-10-17(16)20(25)26)21-15-8-6-7-14(13-15)19(24)22-11-4-1-5-12-22/h6-8,13,16-17H,1-5,9-12H2,(H,21,23)(H,25,26)/p-1/t16-,17+/m0/s1. The van der Waals surface area contributed by atoms with Crippen LogP contribution in [-0.2, 0) is 9.59 Å². The molecule has 1 aliphatic heterocycles. The Balaban J connectivity index is 1.68. The van der Waals surface area contributed by atoms with E-state index in [1.165, 1.54) is 0 Å². The number of amides is 2. The Labute approximate surface area is 153 Å². The van der Waals surface area contributed by atoms with Gasteiger partial charge in [-0.05, 0) is 50.3 Å². The number of aliphatic carboxylic acids is 1. The summed E-state index contributed by atoms with van der Waals surface area (Å²) < 4.78 is 0. The molecule has 2 atom stereocenters. The van der Waals surface area contributed by atoms with E-state index in [0.29, 0.717) is 24.1 Å². The third kappa shape index (κ3) is 4.23. The van der Waals surface area contributed by atoms with Gasteiger partial charge in [0.2, 0.25) is 5.91 Å². The molecule has 1 N–H and O–H groups in total.